The van der Waals surface area contributed by atoms with Crippen LogP contribution in [-0.4, -0.2) is 42.0 Å². The van der Waals surface area contributed by atoms with Gasteiger partial charge in [0, 0.05) is 30.7 Å². The van der Waals surface area contributed by atoms with E-state index in [0.717, 1.165) is 25.7 Å². The third-order valence-electron chi connectivity index (χ3n) is 5.05. The van der Waals surface area contributed by atoms with Gasteiger partial charge in [-0.25, -0.2) is 4.79 Å². The van der Waals surface area contributed by atoms with Gasteiger partial charge in [-0.1, -0.05) is 18.9 Å². The minimum atomic E-state index is -0.0848. The van der Waals surface area contributed by atoms with Gasteiger partial charge in [0.25, 0.3) is 5.91 Å². The van der Waals surface area contributed by atoms with Crippen LogP contribution in [0.5, 0.6) is 0 Å². The van der Waals surface area contributed by atoms with Crippen LogP contribution in [0.3, 0.4) is 0 Å². The Bertz CT molecular complexity index is 668. The van der Waals surface area contributed by atoms with Crippen molar-refractivity contribution in [2.45, 2.75) is 50.6 Å². The van der Waals surface area contributed by atoms with Gasteiger partial charge in [-0.15, -0.1) is 0 Å². The lowest BCUT2D eigenvalue weighted by molar-refractivity contribution is 0.0708. The van der Waals surface area contributed by atoms with Gasteiger partial charge in [0.1, 0.15) is 0 Å². The normalized spacial score (nSPS) is 18.6. The molecule has 0 radical (unpaired) electrons. The summed E-state index contributed by atoms with van der Waals surface area (Å²) in [7, 11) is 0. The first-order valence-corrected chi connectivity index (χ1v) is 9.02. The van der Waals surface area contributed by atoms with Gasteiger partial charge in [0.2, 0.25) is 0 Å². The van der Waals surface area contributed by atoms with E-state index in [1.165, 1.54) is 12.8 Å². The van der Waals surface area contributed by atoms with Gasteiger partial charge >= 0.3 is 6.03 Å². The van der Waals surface area contributed by atoms with Gasteiger partial charge < -0.3 is 15.5 Å². The zero-order chi connectivity index (χ0) is 17.6. The van der Waals surface area contributed by atoms with E-state index in [1.54, 1.807) is 29.2 Å². The van der Waals surface area contributed by atoms with Crippen LogP contribution < -0.4 is 10.6 Å². The third-order valence-corrected chi connectivity index (χ3v) is 5.05. The molecule has 2 aliphatic rings. The van der Waals surface area contributed by atoms with Gasteiger partial charge in [-0.3, -0.25) is 4.79 Å². The van der Waals surface area contributed by atoms with Crippen molar-refractivity contribution >= 4 is 11.9 Å². The molecule has 1 saturated carbocycles. The number of nitriles is 1. The highest BCUT2D eigenvalue weighted by atomic mass is 16.2. The van der Waals surface area contributed by atoms with Crippen molar-refractivity contribution in [2.24, 2.45) is 0 Å². The first kappa shape index (κ1) is 17.3. The molecule has 0 spiro atoms. The Morgan fingerprint density at radius 1 is 1.04 bits per heavy atom. The molecular weight excluding hydrogens is 316 g/mol. The first-order valence-electron chi connectivity index (χ1n) is 9.02. The molecule has 6 heteroatoms. The number of hydrogen-bond donors (Lipinski definition) is 2. The van der Waals surface area contributed by atoms with Crippen LogP contribution in [0, 0.1) is 11.3 Å². The number of nitrogens with one attached hydrogen (secondary N) is 2. The van der Waals surface area contributed by atoms with E-state index in [4.69, 9.17) is 5.26 Å². The molecule has 0 bridgehead atoms. The van der Waals surface area contributed by atoms with E-state index in [0.29, 0.717) is 30.3 Å². The highest BCUT2D eigenvalue weighted by Gasteiger charge is 2.25. The maximum Gasteiger partial charge on any atom is 0.315 e. The second-order valence-electron chi connectivity index (χ2n) is 6.86. The van der Waals surface area contributed by atoms with Gasteiger partial charge in [0.15, 0.2) is 0 Å². The van der Waals surface area contributed by atoms with Crippen molar-refractivity contribution in [2.75, 3.05) is 13.1 Å². The van der Waals surface area contributed by atoms with E-state index in [9.17, 15) is 9.59 Å². The quantitative estimate of drug-likeness (QED) is 0.886. The Morgan fingerprint density at radius 2 is 1.68 bits per heavy atom. The molecule has 25 heavy (non-hydrogen) atoms. The minimum absolute atomic E-state index is 0.0500. The number of carbonyl (C=O) groups excluding carboxylic acids is 2. The average Bonchev–Trinajstić information content (AvgIpc) is 3.14. The van der Waals surface area contributed by atoms with E-state index >= 15 is 0 Å². The lowest BCUT2D eigenvalue weighted by Gasteiger charge is -2.32. The second kappa shape index (κ2) is 8.02. The summed E-state index contributed by atoms with van der Waals surface area (Å²) in [5.74, 6) is -0.0500. The van der Waals surface area contributed by atoms with Crippen molar-refractivity contribution in [3.63, 3.8) is 0 Å². The minimum Gasteiger partial charge on any atom is -0.338 e. The number of likely N-dealkylation sites (tertiary alicyclic amines) is 1. The summed E-state index contributed by atoms with van der Waals surface area (Å²) in [4.78, 5) is 26.4. The number of hydrogen-bond acceptors (Lipinski definition) is 3. The molecule has 0 aromatic heterocycles. The molecule has 1 saturated heterocycles. The van der Waals surface area contributed by atoms with Crippen molar-refractivity contribution in [1.29, 1.82) is 5.26 Å². The summed E-state index contributed by atoms with van der Waals surface area (Å²) in [5, 5.41) is 15.0. The molecular formula is C19H24N4O2. The van der Waals surface area contributed by atoms with Crippen LogP contribution in [-0.2, 0) is 0 Å². The molecule has 3 amide bonds. The predicted octanol–water partition coefficient (Wildman–Crippen LogP) is 2.40. The largest absolute Gasteiger partial charge is 0.338 e. The number of carbonyl (C=O) groups is 2. The van der Waals surface area contributed by atoms with Crippen LogP contribution in [0.25, 0.3) is 0 Å². The number of amides is 3. The van der Waals surface area contributed by atoms with E-state index < -0.39 is 0 Å². The van der Waals surface area contributed by atoms with Gasteiger partial charge in [-0.2, -0.15) is 5.26 Å². The molecule has 6 nitrogen and oxygen atoms in total. The number of benzene rings is 1. The van der Waals surface area contributed by atoms with E-state index in [1.807, 2.05) is 0 Å². The average molecular weight is 340 g/mol. The fourth-order valence-electron chi connectivity index (χ4n) is 3.61. The Balaban J connectivity index is 1.47. The maximum atomic E-state index is 12.5. The Labute approximate surface area is 148 Å². The standard InChI is InChI=1S/C19H24N4O2/c20-13-14-4-3-5-15(12-14)18(24)23-10-8-17(9-11-23)22-19(25)21-16-6-1-2-7-16/h3-5,12,16-17H,1-2,6-11H2,(H2,21,22,25). The Kier molecular flexibility index (Phi) is 5.54. The Hall–Kier alpha value is -2.55. The molecule has 3 rings (SSSR count). The zero-order valence-electron chi connectivity index (χ0n) is 14.3. The SMILES string of the molecule is N#Cc1cccc(C(=O)N2CCC(NC(=O)NC3CCCC3)CC2)c1. The first-order chi connectivity index (χ1) is 12.2. The maximum absolute atomic E-state index is 12.5. The van der Waals surface area contributed by atoms with Crippen LogP contribution in [0.15, 0.2) is 24.3 Å². The van der Waals surface area contributed by atoms with Gasteiger partial charge in [-0.05, 0) is 43.9 Å². The van der Waals surface area contributed by atoms with Crippen molar-refractivity contribution in [3.8, 4) is 6.07 Å². The van der Waals surface area contributed by atoms with Crippen LogP contribution >= 0.6 is 0 Å². The molecule has 1 heterocycles. The summed E-state index contributed by atoms with van der Waals surface area (Å²) in [5.41, 5.74) is 1.04. The summed E-state index contributed by atoms with van der Waals surface area (Å²) in [6, 6.07) is 9.18. The molecule has 1 aliphatic carbocycles. The molecule has 1 aromatic carbocycles. The monoisotopic (exact) mass is 340 g/mol. The number of nitrogens with zero attached hydrogens (tertiary/aromatic N) is 2. The van der Waals surface area contributed by atoms with Crippen molar-refractivity contribution in [1.82, 2.24) is 15.5 Å². The molecule has 1 aliphatic heterocycles. The van der Waals surface area contributed by atoms with Crippen LogP contribution in [0.1, 0.15) is 54.4 Å². The van der Waals surface area contributed by atoms with Crippen LogP contribution in [0.4, 0.5) is 4.79 Å². The number of urea groups is 1. The summed E-state index contributed by atoms with van der Waals surface area (Å²) in [6.07, 6.45) is 6.03. The highest BCUT2D eigenvalue weighted by molar-refractivity contribution is 5.94. The summed E-state index contributed by atoms with van der Waals surface area (Å²) < 4.78 is 0. The smallest absolute Gasteiger partial charge is 0.315 e. The molecule has 132 valence electrons. The van der Waals surface area contributed by atoms with Crippen molar-refractivity contribution in [3.05, 3.63) is 35.4 Å². The fourth-order valence-corrected chi connectivity index (χ4v) is 3.61. The molecule has 2 fully saturated rings. The number of rotatable bonds is 3. The van der Waals surface area contributed by atoms with Gasteiger partial charge in [0.05, 0.1) is 11.6 Å². The molecule has 1 aromatic rings. The molecule has 0 atom stereocenters. The lowest BCUT2D eigenvalue weighted by Crippen LogP contribution is -2.50. The fraction of sp³-hybridized carbons (Fsp3) is 0.526. The molecule has 0 unspecified atom stereocenters. The Morgan fingerprint density at radius 3 is 2.32 bits per heavy atom. The summed E-state index contributed by atoms with van der Waals surface area (Å²) in [6.45, 7) is 1.23. The zero-order valence-corrected chi connectivity index (χ0v) is 14.3. The topological polar surface area (TPSA) is 85.2 Å². The number of piperidine rings is 1. The van der Waals surface area contributed by atoms with Crippen LogP contribution in [0.2, 0.25) is 0 Å². The van der Waals surface area contributed by atoms with E-state index in [2.05, 4.69) is 16.7 Å². The lowest BCUT2D eigenvalue weighted by atomic mass is 10.0. The molecule has 2 N–H and O–H groups in total. The van der Waals surface area contributed by atoms with Crippen molar-refractivity contribution < 1.29 is 9.59 Å². The van der Waals surface area contributed by atoms with E-state index in [-0.39, 0.29) is 18.0 Å². The predicted molar refractivity (Wildman–Crippen MR) is 94.0 cm³/mol. The highest BCUT2D eigenvalue weighted by Crippen LogP contribution is 2.18. The summed E-state index contributed by atoms with van der Waals surface area (Å²) >= 11 is 0. The third kappa shape index (κ3) is 4.50. The second-order valence-corrected chi connectivity index (χ2v) is 6.86.